The number of aromatic amines is 4. The maximum Gasteiger partial charge on any atom is 0.356 e. The number of imidazole rings is 4. The Kier molecular flexibility index (Phi) is 44.4. The van der Waals surface area contributed by atoms with Crippen LogP contribution in [0, 0.1) is 40.5 Å². The molecule has 148 heavy (non-hydrogen) atoms. The minimum Gasteiger partial charge on any atom is -0.369 e. The normalized spacial score (nSPS) is 13.6. The zero-order chi connectivity index (χ0) is 106. The lowest BCUT2D eigenvalue weighted by Gasteiger charge is -2.23. The summed E-state index contributed by atoms with van der Waals surface area (Å²) in [5, 5.41) is -0.0690. The van der Waals surface area contributed by atoms with Crippen LogP contribution in [0.3, 0.4) is 0 Å². The van der Waals surface area contributed by atoms with Gasteiger partial charge in [0.2, 0.25) is 34.0 Å². The molecule has 0 bridgehead atoms. The van der Waals surface area contributed by atoms with Crippen LogP contribution in [0.5, 0.6) is 0 Å². The van der Waals surface area contributed by atoms with E-state index in [1.165, 1.54) is 43.1 Å². The smallest absolute Gasteiger partial charge is 0.356 e. The van der Waals surface area contributed by atoms with E-state index in [9.17, 15) is 56.6 Å². The van der Waals surface area contributed by atoms with Crippen molar-refractivity contribution in [3.63, 3.8) is 0 Å². The van der Waals surface area contributed by atoms with Crippen molar-refractivity contribution in [1.82, 2.24) is 78.1 Å². The number of nitrogen functional groups attached to an aromatic ring is 4. The molecular formula is C96H116N20O24P4S4. The van der Waals surface area contributed by atoms with Crippen molar-refractivity contribution >= 4 is 166 Å². The van der Waals surface area contributed by atoms with Crippen LogP contribution >= 0.6 is 77.4 Å². The molecule has 44 nitrogen and oxygen atoms in total. The Labute approximate surface area is 866 Å². The number of anilines is 4. The summed E-state index contributed by atoms with van der Waals surface area (Å²) < 4.78 is 128. The van der Waals surface area contributed by atoms with Gasteiger partial charge in [-0.3, -0.25) is 76.6 Å². The van der Waals surface area contributed by atoms with E-state index < -0.39 is 52.6 Å². The first-order valence-corrected chi connectivity index (χ1v) is 57.3. The molecule has 8 aromatic heterocycles. The lowest BCUT2D eigenvalue weighted by molar-refractivity contribution is -0.116. The summed E-state index contributed by atoms with van der Waals surface area (Å²) in [6.07, 6.45) is 9.49. The van der Waals surface area contributed by atoms with E-state index in [1.54, 1.807) is 54.7 Å². The van der Waals surface area contributed by atoms with Gasteiger partial charge in [0.1, 0.15) is 25.4 Å². The molecule has 1 saturated carbocycles. The molecule has 1 aliphatic rings. The number of benzene rings is 6. The number of nitrogens with two attached hydrogens (primary N) is 4. The zero-order valence-corrected chi connectivity index (χ0v) is 88.6. The highest BCUT2D eigenvalue weighted by molar-refractivity contribution is 8.14. The van der Waals surface area contributed by atoms with Gasteiger partial charge in [-0.15, -0.1) is 6.58 Å². The number of rotatable bonds is 53. The van der Waals surface area contributed by atoms with Crippen LogP contribution in [-0.2, 0) is 136 Å². The van der Waals surface area contributed by atoms with Gasteiger partial charge in [-0.05, 0) is 69.7 Å². The number of H-pyrrole nitrogens is 4. The third-order valence-corrected chi connectivity index (χ3v) is 31.5. The standard InChI is InChI=1S/C26H30N5O6PS.C25H28N5O6PS.C23H30N5O6PS.C22H28N5O6PS/c1-18-3-7-20(8-4-18)15-37-38(34,36-13-14-39-25(33)21-9-5-19(2)6-10-21)17-35-12-11-31-16-28-22-23(31)29-26(27)30-24(22)32;1-18-7-9-19(10-8-18)15-36-37(33,35-13-14-38-24(32)20-5-3-2-4-6-20)17-34-12-11-30-16-27-21-22(30)28-25(26)29-23(21)31;1-16-5-7-17(8-6-16)13-34-35(31,33-11-12-36-22(30)18-3-2-4-18)15-32-10-9-28-14-25-19-20(28)26-23(24)27-21(19)29;1-3-4-18(28)35-12-11-32-34(30,33-13-17-7-5-16(2)6-8-17)15-31-10-9-27-14-24-19-20(27)25-22(23)26-21(19)29/h3-10,16H,11-15,17H2,1-2H3,(H3,27,29,30,32);2-10,16H,11-15,17H2,1H3,(H3,26,28,29,31);5-8,14,18H,2-4,9-13,15H2,1H3,(H3,24,26,27,29);3,5-8,14H,1,4,9-13,15H2,2H3,(H3,23,25,26,29). The summed E-state index contributed by atoms with van der Waals surface area (Å²) in [6, 6.07) is 46.9. The fourth-order valence-electron chi connectivity index (χ4n) is 13.4. The first-order chi connectivity index (χ1) is 71.2. The predicted octanol–water partition coefficient (Wildman–Crippen LogP) is 15.0. The Morgan fingerprint density at radius 2 is 0.628 bits per heavy atom. The van der Waals surface area contributed by atoms with Crippen LogP contribution in [0.2, 0.25) is 0 Å². The van der Waals surface area contributed by atoms with E-state index in [0.717, 1.165) is 105 Å². The molecule has 1 fully saturated rings. The fourth-order valence-corrected chi connectivity index (χ4v) is 21.9. The lowest BCUT2D eigenvalue weighted by atomic mass is 9.87. The molecule has 15 rings (SSSR count). The molecule has 0 amide bonds. The van der Waals surface area contributed by atoms with Gasteiger partial charge >= 0.3 is 30.4 Å². The molecule has 788 valence electrons. The molecule has 0 radical (unpaired) electrons. The molecule has 8 heterocycles. The second-order valence-electron chi connectivity index (χ2n) is 33.2. The molecule has 14 aromatic rings. The Bertz CT molecular complexity index is 7240. The first kappa shape index (κ1) is 115. The minimum absolute atomic E-state index is 0.00812. The second-order valence-corrected chi connectivity index (χ2v) is 45.6. The number of aryl methyl sites for hydroxylation is 5. The highest BCUT2D eigenvalue weighted by atomic mass is 32.2. The van der Waals surface area contributed by atoms with E-state index in [0.29, 0.717) is 63.3 Å². The number of ether oxygens (including phenoxy) is 4. The number of thioether (sulfide) groups is 4. The van der Waals surface area contributed by atoms with Gasteiger partial charge in [-0.1, -0.05) is 239 Å². The minimum atomic E-state index is -3.67. The van der Waals surface area contributed by atoms with E-state index in [1.807, 2.05) is 150 Å². The molecular weight excluding hydrogens is 2070 g/mol. The molecule has 52 heteroatoms. The van der Waals surface area contributed by atoms with Crippen LogP contribution in [0.15, 0.2) is 209 Å². The topological polar surface area (TPSA) is 606 Å². The Morgan fingerprint density at radius 3 is 0.899 bits per heavy atom. The monoisotopic (exact) mass is 2180 g/mol. The maximum atomic E-state index is 13.5. The number of aromatic nitrogens is 16. The van der Waals surface area contributed by atoms with Crippen molar-refractivity contribution in [2.45, 2.75) is 113 Å². The van der Waals surface area contributed by atoms with E-state index in [2.05, 4.69) is 66.4 Å². The van der Waals surface area contributed by atoms with Crippen molar-refractivity contribution in [2.24, 2.45) is 5.92 Å². The number of allylic oxidation sites excluding steroid dienone is 1. The average molecular weight is 2190 g/mol. The van der Waals surface area contributed by atoms with Gasteiger partial charge in [-0.2, -0.15) is 19.9 Å². The molecule has 0 saturated heterocycles. The van der Waals surface area contributed by atoms with E-state index in [4.69, 9.17) is 78.1 Å². The van der Waals surface area contributed by atoms with Crippen molar-refractivity contribution in [3.8, 4) is 0 Å². The van der Waals surface area contributed by atoms with E-state index >= 15 is 0 Å². The molecule has 4 atom stereocenters. The highest BCUT2D eigenvalue weighted by Gasteiger charge is 2.32. The fraction of sp³-hybridized carbons (Fsp3) is 0.354. The number of hydrogen-bond donors (Lipinski definition) is 8. The van der Waals surface area contributed by atoms with Gasteiger partial charge in [-0.25, -0.2) is 19.9 Å². The number of hydrogen-bond acceptors (Lipinski definition) is 40. The number of nitrogens with zero attached hydrogens (tertiary/aromatic N) is 12. The highest BCUT2D eigenvalue weighted by Crippen LogP contribution is 2.52. The average Bonchev–Trinajstić information content (AvgIpc) is 1.67. The zero-order valence-electron chi connectivity index (χ0n) is 81.8. The third kappa shape index (κ3) is 36.5. The quantitative estimate of drug-likeness (QED) is 0.00997. The van der Waals surface area contributed by atoms with Gasteiger partial charge in [0.25, 0.3) is 22.2 Å². The van der Waals surface area contributed by atoms with Gasteiger partial charge in [0, 0.05) is 72.7 Å². The van der Waals surface area contributed by atoms with Crippen LogP contribution < -0.4 is 45.2 Å². The second kappa shape index (κ2) is 57.3. The number of nitrogens with one attached hydrogen (secondary N) is 4. The van der Waals surface area contributed by atoms with Crippen LogP contribution in [0.1, 0.15) is 96.5 Å². The molecule has 0 spiro atoms. The summed E-state index contributed by atoms with van der Waals surface area (Å²) in [6.45, 7) is 15.7. The first-order valence-electron chi connectivity index (χ1n) is 46.4. The summed E-state index contributed by atoms with van der Waals surface area (Å²) in [5.41, 5.74) is 32.8. The van der Waals surface area contributed by atoms with Crippen molar-refractivity contribution in [1.29, 1.82) is 0 Å². The van der Waals surface area contributed by atoms with Gasteiger partial charge < -0.3 is 96.3 Å². The van der Waals surface area contributed by atoms with Crippen molar-refractivity contribution < 1.29 is 92.6 Å². The summed E-state index contributed by atoms with van der Waals surface area (Å²) in [5.74, 6) is 1.41. The Hall–Kier alpha value is -11.8. The summed E-state index contributed by atoms with van der Waals surface area (Å²) >= 11 is 4.45. The molecule has 12 N–H and O–H groups in total. The van der Waals surface area contributed by atoms with Crippen molar-refractivity contribution in [2.75, 3.05) is 124 Å². The number of carbonyl (C=O) groups excluding carboxylic acids is 4. The Morgan fingerprint density at radius 1 is 0.365 bits per heavy atom. The van der Waals surface area contributed by atoms with Gasteiger partial charge in [0.05, 0.1) is 105 Å². The largest absolute Gasteiger partial charge is 0.369 e. The summed E-state index contributed by atoms with van der Waals surface area (Å²) in [4.78, 5) is 138. The maximum absolute atomic E-state index is 13.5. The number of fused-ring (bicyclic) bond motifs is 4. The molecule has 4 unspecified atom stereocenters. The SMILES string of the molecule is C=CCC(=O)SCCOP(=O)(COCCn1cnc2c(=O)[nH]c(N)nc21)OCc1ccc(C)cc1.Cc1ccc(COP(=O)(COCCn2cnc3c(=O)[nH]c(N)nc32)OCCSC(=O)C2CCC2)cc1.Cc1ccc(COP(=O)(COCCn2cnc3c(=O)[nH]c(N)nc32)OCCSC(=O)c2ccc(C)cc2)cc1.Cc1ccc(COP(=O)(COCCn2cnc3c(=O)[nH]c(N)nc32)OCCSC(=O)c2ccccc2)cc1. The van der Waals surface area contributed by atoms with Crippen LogP contribution in [-0.4, -0.2) is 200 Å². The van der Waals surface area contributed by atoms with Crippen LogP contribution in [0.25, 0.3) is 44.7 Å². The predicted molar refractivity (Wildman–Crippen MR) is 570 cm³/mol. The molecule has 1 aliphatic carbocycles. The molecule has 6 aromatic carbocycles. The Balaban J connectivity index is 0.000000175. The van der Waals surface area contributed by atoms with E-state index in [-0.39, 0.29) is 203 Å². The third-order valence-electron chi connectivity index (χ3n) is 21.6. The molecule has 0 aliphatic heterocycles. The van der Waals surface area contributed by atoms with Gasteiger partial charge in [0.15, 0.2) is 54.9 Å². The van der Waals surface area contributed by atoms with Crippen molar-refractivity contribution in [3.05, 3.63) is 292 Å². The number of carbonyl (C=O) groups is 4. The summed E-state index contributed by atoms with van der Waals surface area (Å²) in [7, 11) is -14.6. The van der Waals surface area contributed by atoms with Crippen LogP contribution in [0.4, 0.5) is 23.8 Å². The lowest BCUT2D eigenvalue weighted by Crippen LogP contribution is -2.20.